The number of ketones is 1. The monoisotopic (exact) mass is 255 g/mol. The largest absolute Gasteiger partial charge is 0.496 e. The second-order valence-corrected chi connectivity index (χ2v) is 4.55. The van der Waals surface area contributed by atoms with Crippen LogP contribution in [0.15, 0.2) is 36.4 Å². The van der Waals surface area contributed by atoms with E-state index in [9.17, 15) is 4.79 Å². The first-order valence-corrected chi connectivity index (χ1v) is 6.09. The minimum absolute atomic E-state index is 0.0543. The Balaban J connectivity index is 2.51. The molecule has 3 nitrogen and oxygen atoms in total. The van der Waals surface area contributed by atoms with Gasteiger partial charge >= 0.3 is 0 Å². The summed E-state index contributed by atoms with van der Waals surface area (Å²) in [5.74, 6) is 0.733. The Labute approximate surface area is 113 Å². The Morgan fingerprint density at radius 2 is 1.74 bits per heavy atom. The summed E-state index contributed by atoms with van der Waals surface area (Å²) >= 11 is 0. The van der Waals surface area contributed by atoms with Gasteiger partial charge < -0.3 is 10.5 Å². The van der Waals surface area contributed by atoms with Crippen molar-refractivity contribution in [2.75, 3.05) is 12.8 Å². The van der Waals surface area contributed by atoms with Crippen LogP contribution in [0.5, 0.6) is 5.75 Å². The van der Waals surface area contributed by atoms with Crippen LogP contribution in [0.2, 0.25) is 0 Å². The van der Waals surface area contributed by atoms with E-state index in [1.165, 1.54) is 0 Å². The smallest absolute Gasteiger partial charge is 0.195 e. The highest BCUT2D eigenvalue weighted by Gasteiger charge is 2.15. The van der Waals surface area contributed by atoms with E-state index in [1.54, 1.807) is 19.2 Å². The summed E-state index contributed by atoms with van der Waals surface area (Å²) in [6.45, 7) is 3.82. The van der Waals surface area contributed by atoms with E-state index in [1.807, 2.05) is 38.1 Å². The van der Waals surface area contributed by atoms with Gasteiger partial charge in [0.2, 0.25) is 0 Å². The molecule has 0 aliphatic rings. The molecule has 0 aliphatic carbocycles. The number of rotatable bonds is 3. The van der Waals surface area contributed by atoms with E-state index in [4.69, 9.17) is 10.5 Å². The van der Waals surface area contributed by atoms with Crippen LogP contribution in [-0.4, -0.2) is 12.9 Å². The molecule has 2 rings (SSSR count). The molecule has 2 N–H and O–H groups in total. The van der Waals surface area contributed by atoms with Crippen LogP contribution in [-0.2, 0) is 0 Å². The normalized spacial score (nSPS) is 10.3. The van der Waals surface area contributed by atoms with Gasteiger partial charge in [-0.2, -0.15) is 0 Å². The highest BCUT2D eigenvalue weighted by Crippen LogP contribution is 2.25. The first-order chi connectivity index (χ1) is 9.04. The van der Waals surface area contributed by atoms with Gasteiger partial charge in [0, 0.05) is 16.8 Å². The maximum absolute atomic E-state index is 12.5. The number of nitrogen functional groups attached to an aromatic ring is 1. The Morgan fingerprint density at radius 1 is 1.05 bits per heavy atom. The molecule has 0 heterocycles. The van der Waals surface area contributed by atoms with Crippen LogP contribution in [0.1, 0.15) is 27.0 Å². The van der Waals surface area contributed by atoms with Gasteiger partial charge in [-0.25, -0.2) is 0 Å². The van der Waals surface area contributed by atoms with Gasteiger partial charge in [0.25, 0.3) is 0 Å². The molecule has 0 saturated heterocycles. The zero-order chi connectivity index (χ0) is 14.0. The highest BCUT2D eigenvalue weighted by atomic mass is 16.5. The molecule has 0 aromatic heterocycles. The first-order valence-electron chi connectivity index (χ1n) is 6.09. The number of aryl methyl sites for hydroxylation is 2. The van der Waals surface area contributed by atoms with Crippen LogP contribution in [0.25, 0.3) is 0 Å². The van der Waals surface area contributed by atoms with Gasteiger partial charge in [-0.05, 0) is 49.2 Å². The molecule has 2 aromatic rings. The van der Waals surface area contributed by atoms with Crippen molar-refractivity contribution in [2.45, 2.75) is 13.8 Å². The molecule has 98 valence electrons. The van der Waals surface area contributed by atoms with Gasteiger partial charge in [-0.15, -0.1) is 0 Å². The van der Waals surface area contributed by atoms with Crippen molar-refractivity contribution in [1.82, 2.24) is 0 Å². The predicted molar refractivity (Wildman–Crippen MR) is 76.8 cm³/mol. The lowest BCUT2D eigenvalue weighted by Gasteiger charge is -2.11. The standard InChI is InChI=1S/C16H17NO2/c1-10-9-15(19-3)11(2)8-13(10)16(18)12-6-4-5-7-14(12)17/h4-9H,17H2,1-3H3. The van der Waals surface area contributed by atoms with Gasteiger partial charge in [0.05, 0.1) is 7.11 Å². The number of hydrogen-bond donors (Lipinski definition) is 1. The molecule has 0 saturated carbocycles. The minimum Gasteiger partial charge on any atom is -0.496 e. The molecule has 2 aromatic carbocycles. The van der Waals surface area contributed by atoms with Crippen molar-refractivity contribution in [3.8, 4) is 5.75 Å². The van der Waals surface area contributed by atoms with Gasteiger partial charge in [0.15, 0.2) is 5.78 Å². The van der Waals surface area contributed by atoms with Crippen molar-refractivity contribution in [3.63, 3.8) is 0 Å². The maximum atomic E-state index is 12.5. The van der Waals surface area contributed by atoms with Gasteiger partial charge in [0.1, 0.15) is 5.75 Å². The summed E-state index contributed by atoms with van der Waals surface area (Å²) in [5.41, 5.74) is 9.38. The van der Waals surface area contributed by atoms with Crippen molar-refractivity contribution in [1.29, 1.82) is 0 Å². The fourth-order valence-electron chi connectivity index (χ4n) is 2.10. The fourth-order valence-corrected chi connectivity index (χ4v) is 2.10. The van der Waals surface area contributed by atoms with Crippen LogP contribution in [0.4, 0.5) is 5.69 Å². The van der Waals surface area contributed by atoms with Crippen molar-refractivity contribution in [3.05, 3.63) is 58.7 Å². The Kier molecular flexibility index (Phi) is 3.56. The second kappa shape index (κ2) is 5.14. The van der Waals surface area contributed by atoms with E-state index >= 15 is 0 Å². The molecule has 0 fully saturated rings. The average molecular weight is 255 g/mol. The second-order valence-electron chi connectivity index (χ2n) is 4.55. The molecule has 0 aliphatic heterocycles. The number of carbonyl (C=O) groups excluding carboxylic acids is 1. The first kappa shape index (κ1) is 13.1. The SMILES string of the molecule is COc1cc(C)c(C(=O)c2ccccc2N)cc1C. The molecule has 0 amide bonds. The van der Waals surface area contributed by atoms with Crippen molar-refractivity contribution < 1.29 is 9.53 Å². The minimum atomic E-state index is -0.0543. The Bertz CT molecular complexity index is 633. The number of benzene rings is 2. The number of methoxy groups -OCH3 is 1. The third-order valence-electron chi connectivity index (χ3n) is 3.19. The predicted octanol–water partition coefficient (Wildman–Crippen LogP) is 3.13. The Hall–Kier alpha value is -2.29. The maximum Gasteiger partial charge on any atom is 0.195 e. The lowest BCUT2D eigenvalue weighted by Crippen LogP contribution is -2.07. The molecule has 0 atom stereocenters. The van der Waals surface area contributed by atoms with Crippen LogP contribution < -0.4 is 10.5 Å². The quantitative estimate of drug-likeness (QED) is 0.677. The van der Waals surface area contributed by atoms with E-state index in [-0.39, 0.29) is 5.78 Å². The zero-order valence-electron chi connectivity index (χ0n) is 11.4. The molecule has 0 bridgehead atoms. The lowest BCUT2D eigenvalue weighted by molar-refractivity contribution is 0.103. The summed E-state index contributed by atoms with van der Waals surface area (Å²) in [6, 6.07) is 10.8. The van der Waals surface area contributed by atoms with E-state index in [0.717, 1.165) is 16.9 Å². The molecule has 0 spiro atoms. The summed E-state index contributed by atoms with van der Waals surface area (Å²) in [4.78, 5) is 12.5. The van der Waals surface area contributed by atoms with Crippen LogP contribution in [0, 0.1) is 13.8 Å². The highest BCUT2D eigenvalue weighted by molar-refractivity contribution is 6.13. The summed E-state index contributed by atoms with van der Waals surface area (Å²) in [6.07, 6.45) is 0. The zero-order valence-corrected chi connectivity index (χ0v) is 11.4. The fraction of sp³-hybridized carbons (Fsp3) is 0.188. The number of carbonyl (C=O) groups is 1. The number of nitrogens with two attached hydrogens (primary N) is 1. The van der Waals surface area contributed by atoms with Crippen molar-refractivity contribution >= 4 is 11.5 Å². The molecule has 19 heavy (non-hydrogen) atoms. The van der Waals surface area contributed by atoms with Crippen LogP contribution in [0.3, 0.4) is 0 Å². The van der Waals surface area contributed by atoms with Gasteiger partial charge in [-0.1, -0.05) is 12.1 Å². The summed E-state index contributed by atoms with van der Waals surface area (Å²) in [5, 5.41) is 0. The topological polar surface area (TPSA) is 52.3 Å². The van der Waals surface area contributed by atoms with Crippen molar-refractivity contribution in [2.24, 2.45) is 0 Å². The van der Waals surface area contributed by atoms with E-state index in [2.05, 4.69) is 0 Å². The molecule has 0 radical (unpaired) electrons. The number of hydrogen-bond acceptors (Lipinski definition) is 3. The number of anilines is 1. The third-order valence-corrected chi connectivity index (χ3v) is 3.19. The third kappa shape index (κ3) is 2.45. The molecule has 0 unspecified atom stereocenters. The number of para-hydroxylation sites is 1. The summed E-state index contributed by atoms with van der Waals surface area (Å²) in [7, 11) is 1.62. The number of ether oxygens (including phenoxy) is 1. The molecule has 3 heteroatoms. The van der Waals surface area contributed by atoms with E-state index < -0.39 is 0 Å². The average Bonchev–Trinajstić information content (AvgIpc) is 2.40. The van der Waals surface area contributed by atoms with Crippen LogP contribution >= 0.6 is 0 Å². The Morgan fingerprint density at radius 3 is 2.37 bits per heavy atom. The molecular formula is C16H17NO2. The van der Waals surface area contributed by atoms with Gasteiger partial charge in [-0.3, -0.25) is 4.79 Å². The molecular weight excluding hydrogens is 238 g/mol. The summed E-state index contributed by atoms with van der Waals surface area (Å²) < 4.78 is 5.25. The lowest BCUT2D eigenvalue weighted by atomic mass is 9.96. The van der Waals surface area contributed by atoms with E-state index in [0.29, 0.717) is 16.8 Å².